The van der Waals surface area contributed by atoms with Crippen molar-refractivity contribution in [3.8, 4) is 0 Å². The quantitative estimate of drug-likeness (QED) is 0.315. The van der Waals surface area contributed by atoms with Crippen molar-refractivity contribution in [3.63, 3.8) is 0 Å². The van der Waals surface area contributed by atoms with Crippen LogP contribution in [0.1, 0.15) is 17.3 Å². The first-order valence-electron chi connectivity index (χ1n) is 7.97. The molecule has 0 bridgehead atoms. The number of ether oxygens (including phenoxy) is 1. The van der Waals surface area contributed by atoms with Gasteiger partial charge in [-0.15, -0.1) is 11.8 Å². The van der Waals surface area contributed by atoms with E-state index in [1.165, 1.54) is 36.9 Å². The summed E-state index contributed by atoms with van der Waals surface area (Å²) in [4.78, 5) is 46.2. The van der Waals surface area contributed by atoms with E-state index < -0.39 is 29.1 Å². The summed E-state index contributed by atoms with van der Waals surface area (Å²) < 4.78 is 4.91. The first-order valence-corrected chi connectivity index (χ1v) is 9.19. The Morgan fingerprint density at radius 1 is 1.07 bits per heavy atom. The van der Waals surface area contributed by atoms with E-state index >= 15 is 0 Å². The first kappa shape index (κ1) is 20.9. The molecule has 2 amide bonds. The van der Waals surface area contributed by atoms with Gasteiger partial charge in [0.25, 0.3) is 11.6 Å². The number of hydrogen-bond acceptors (Lipinski definition) is 7. The molecule has 0 aliphatic rings. The lowest BCUT2D eigenvalue weighted by Gasteiger charge is -2.08. The minimum atomic E-state index is -0.959. The Labute approximate surface area is 164 Å². The number of nitro benzene ring substituents is 1. The Morgan fingerprint density at radius 3 is 2.21 bits per heavy atom. The normalized spacial score (nSPS) is 10.1. The molecule has 0 unspecified atom stereocenters. The number of rotatable bonds is 7. The molecule has 0 aliphatic heterocycles. The van der Waals surface area contributed by atoms with Gasteiger partial charge in [-0.25, -0.2) is 4.79 Å². The Morgan fingerprint density at radius 2 is 1.68 bits per heavy atom. The molecule has 2 rings (SSSR count). The number of nitrogens with one attached hydrogen (secondary N) is 2. The van der Waals surface area contributed by atoms with Crippen LogP contribution in [0.5, 0.6) is 0 Å². The van der Waals surface area contributed by atoms with E-state index in [-0.39, 0.29) is 11.5 Å². The Balaban J connectivity index is 1.98. The van der Waals surface area contributed by atoms with Crippen molar-refractivity contribution in [1.29, 1.82) is 0 Å². The molecule has 28 heavy (non-hydrogen) atoms. The van der Waals surface area contributed by atoms with Crippen molar-refractivity contribution in [2.45, 2.75) is 11.8 Å². The number of nitro groups is 1. The van der Waals surface area contributed by atoms with Crippen molar-refractivity contribution in [1.82, 2.24) is 0 Å². The monoisotopic (exact) mass is 403 g/mol. The summed E-state index contributed by atoms with van der Waals surface area (Å²) in [6.07, 6.45) is 1.76. The van der Waals surface area contributed by atoms with Crippen LogP contribution in [0.15, 0.2) is 47.4 Å². The Bertz CT molecular complexity index is 914. The van der Waals surface area contributed by atoms with Gasteiger partial charge in [0.05, 0.1) is 4.92 Å². The highest BCUT2D eigenvalue weighted by atomic mass is 32.2. The molecule has 2 N–H and O–H groups in total. The van der Waals surface area contributed by atoms with Crippen LogP contribution in [-0.2, 0) is 14.3 Å². The van der Waals surface area contributed by atoms with Gasteiger partial charge in [-0.1, -0.05) is 0 Å². The van der Waals surface area contributed by atoms with Gasteiger partial charge >= 0.3 is 5.97 Å². The lowest BCUT2D eigenvalue weighted by Crippen LogP contribution is -2.21. The van der Waals surface area contributed by atoms with Crippen LogP contribution < -0.4 is 10.6 Å². The molecule has 2 aromatic carbocycles. The van der Waals surface area contributed by atoms with Crippen molar-refractivity contribution < 1.29 is 24.0 Å². The number of anilines is 2. The molecule has 0 radical (unpaired) electrons. The molecule has 0 saturated heterocycles. The molecular formula is C18H17N3O6S. The summed E-state index contributed by atoms with van der Waals surface area (Å²) in [6.45, 7) is 0.774. The molecule has 146 valence electrons. The second kappa shape index (κ2) is 9.51. The van der Waals surface area contributed by atoms with E-state index in [1.807, 2.05) is 0 Å². The van der Waals surface area contributed by atoms with Gasteiger partial charge < -0.3 is 15.4 Å². The molecule has 0 spiro atoms. The van der Waals surface area contributed by atoms with Gasteiger partial charge in [0.15, 0.2) is 6.61 Å². The third-order valence-electron chi connectivity index (χ3n) is 3.44. The SMILES string of the molecule is CSc1ccc([N+](=O)[O-])c(C(=O)OCC(=O)Nc2ccc(NC(C)=O)cc2)c1. The van der Waals surface area contributed by atoms with E-state index in [2.05, 4.69) is 10.6 Å². The Hall–Kier alpha value is -3.40. The smallest absolute Gasteiger partial charge is 0.345 e. The zero-order valence-corrected chi connectivity index (χ0v) is 15.9. The molecule has 9 nitrogen and oxygen atoms in total. The van der Waals surface area contributed by atoms with Crippen molar-refractivity contribution >= 4 is 46.6 Å². The number of carbonyl (C=O) groups is 3. The molecule has 0 aromatic heterocycles. The molecule has 0 atom stereocenters. The zero-order valence-electron chi connectivity index (χ0n) is 15.1. The lowest BCUT2D eigenvalue weighted by molar-refractivity contribution is -0.385. The first-order chi connectivity index (χ1) is 13.3. The number of esters is 1. The van der Waals surface area contributed by atoms with Gasteiger partial charge in [0.1, 0.15) is 5.56 Å². The number of hydrogen-bond donors (Lipinski definition) is 2. The summed E-state index contributed by atoms with van der Waals surface area (Å²) in [6, 6.07) is 10.4. The van der Waals surface area contributed by atoms with Gasteiger partial charge in [-0.3, -0.25) is 19.7 Å². The minimum absolute atomic E-state index is 0.218. The van der Waals surface area contributed by atoms with Crippen molar-refractivity contribution in [3.05, 3.63) is 58.1 Å². The molecule has 0 saturated carbocycles. The number of amides is 2. The second-order valence-corrected chi connectivity index (χ2v) is 6.40. The fourth-order valence-electron chi connectivity index (χ4n) is 2.21. The molecule has 0 aliphatic carbocycles. The molecule has 0 fully saturated rings. The van der Waals surface area contributed by atoms with Crippen LogP contribution in [-0.4, -0.2) is 35.6 Å². The predicted octanol–water partition coefficient (Wildman–Crippen LogP) is 3.07. The maximum absolute atomic E-state index is 12.2. The zero-order chi connectivity index (χ0) is 20.7. The predicted molar refractivity (Wildman–Crippen MR) is 105 cm³/mol. The van der Waals surface area contributed by atoms with Crippen LogP contribution in [0.2, 0.25) is 0 Å². The molecule has 0 heterocycles. The van der Waals surface area contributed by atoms with Crippen LogP contribution >= 0.6 is 11.8 Å². The van der Waals surface area contributed by atoms with Crippen LogP contribution in [0.4, 0.5) is 17.1 Å². The Kier molecular flexibility index (Phi) is 7.10. The van der Waals surface area contributed by atoms with Crippen LogP contribution in [0.3, 0.4) is 0 Å². The summed E-state index contributed by atoms with van der Waals surface area (Å²) in [5, 5.41) is 16.2. The van der Waals surface area contributed by atoms with Gasteiger partial charge in [0, 0.05) is 29.3 Å². The highest BCUT2D eigenvalue weighted by Crippen LogP contribution is 2.25. The molecule has 2 aromatic rings. The fraction of sp³-hybridized carbons (Fsp3) is 0.167. The number of thioether (sulfide) groups is 1. The molecular weight excluding hydrogens is 386 g/mol. The summed E-state index contributed by atoms with van der Waals surface area (Å²) >= 11 is 1.32. The number of carbonyl (C=O) groups excluding carboxylic acids is 3. The topological polar surface area (TPSA) is 128 Å². The number of nitrogens with zero attached hydrogens (tertiary/aromatic N) is 1. The van der Waals surface area contributed by atoms with Crippen LogP contribution in [0.25, 0.3) is 0 Å². The summed E-state index contributed by atoms with van der Waals surface area (Å²) in [5.74, 6) is -1.79. The van der Waals surface area contributed by atoms with Gasteiger partial charge in [-0.05, 0) is 42.7 Å². The third kappa shape index (κ3) is 5.81. The highest BCUT2D eigenvalue weighted by molar-refractivity contribution is 7.98. The summed E-state index contributed by atoms with van der Waals surface area (Å²) in [5.41, 5.74) is 0.393. The summed E-state index contributed by atoms with van der Waals surface area (Å²) in [7, 11) is 0. The van der Waals surface area contributed by atoms with E-state index in [0.29, 0.717) is 16.3 Å². The van der Waals surface area contributed by atoms with Crippen molar-refractivity contribution in [2.75, 3.05) is 23.5 Å². The van der Waals surface area contributed by atoms with E-state index in [4.69, 9.17) is 4.74 Å². The fourth-order valence-corrected chi connectivity index (χ4v) is 2.65. The highest BCUT2D eigenvalue weighted by Gasteiger charge is 2.22. The van der Waals surface area contributed by atoms with Gasteiger partial charge in [-0.2, -0.15) is 0 Å². The average Bonchev–Trinajstić information content (AvgIpc) is 2.66. The van der Waals surface area contributed by atoms with E-state index in [9.17, 15) is 24.5 Å². The van der Waals surface area contributed by atoms with E-state index in [0.717, 1.165) is 0 Å². The van der Waals surface area contributed by atoms with E-state index in [1.54, 1.807) is 30.5 Å². The lowest BCUT2D eigenvalue weighted by atomic mass is 10.2. The minimum Gasteiger partial charge on any atom is -0.452 e. The van der Waals surface area contributed by atoms with Crippen molar-refractivity contribution in [2.24, 2.45) is 0 Å². The van der Waals surface area contributed by atoms with Gasteiger partial charge in [0.2, 0.25) is 5.91 Å². The average molecular weight is 403 g/mol. The van der Waals surface area contributed by atoms with Crippen LogP contribution in [0, 0.1) is 10.1 Å². The number of benzene rings is 2. The maximum Gasteiger partial charge on any atom is 0.345 e. The second-order valence-electron chi connectivity index (χ2n) is 5.52. The largest absolute Gasteiger partial charge is 0.452 e. The maximum atomic E-state index is 12.2. The standard InChI is InChI=1S/C18H17N3O6S/c1-11(22)19-12-3-5-13(6-4-12)20-17(23)10-27-18(24)15-9-14(28-2)7-8-16(15)21(25)26/h3-9H,10H2,1-2H3,(H,19,22)(H,20,23). The third-order valence-corrected chi connectivity index (χ3v) is 4.17. The molecule has 10 heteroatoms.